The lowest BCUT2D eigenvalue weighted by Crippen LogP contribution is -2.31. The highest BCUT2D eigenvalue weighted by Gasteiger charge is 2.11. The van der Waals surface area contributed by atoms with Crippen LogP contribution in [0.2, 0.25) is 0 Å². The molecule has 0 saturated heterocycles. The van der Waals surface area contributed by atoms with Crippen molar-refractivity contribution in [2.45, 2.75) is 25.8 Å². The third-order valence-electron chi connectivity index (χ3n) is 5.62. The number of aryl methyl sites for hydroxylation is 1. The molecule has 7 heteroatoms. The van der Waals surface area contributed by atoms with Crippen LogP contribution in [0.4, 0.5) is 0 Å². The molecule has 4 aromatic rings. The summed E-state index contributed by atoms with van der Waals surface area (Å²) < 4.78 is 19.0. The number of nitrogens with zero attached hydrogens (tertiary/aromatic N) is 2. The maximum Gasteiger partial charge on any atom is 0.257 e. The van der Waals surface area contributed by atoms with Gasteiger partial charge >= 0.3 is 0 Å². The molecule has 0 saturated carbocycles. The second kappa shape index (κ2) is 12.5. The Hall–Kier alpha value is -4.00. The summed E-state index contributed by atoms with van der Waals surface area (Å²) in [6.07, 6.45) is 2.49. The lowest BCUT2D eigenvalue weighted by atomic mass is 10.2. The van der Waals surface area contributed by atoms with E-state index in [1.54, 1.807) is 7.11 Å². The Labute approximate surface area is 205 Å². The molecule has 3 aromatic carbocycles. The zero-order valence-electron chi connectivity index (χ0n) is 20.0. The Kier molecular flexibility index (Phi) is 8.59. The number of para-hydroxylation sites is 5. The molecule has 0 aliphatic carbocycles. The predicted octanol–water partition coefficient (Wildman–Crippen LogP) is 4.64. The first-order valence-electron chi connectivity index (χ1n) is 11.9. The molecule has 1 heterocycles. The minimum absolute atomic E-state index is 0.00731. The molecule has 0 radical (unpaired) electrons. The van der Waals surface area contributed by atoms with Gasteiger partial charge in [-0.3, -0.25) is 4.79 Å². The largest absolute Gasteiger partial charge is 0.493 e. The quantitative estimate of drug-likeness (QED) is 0.286. The summed E-state index contributed by atoms with van der Waals surface area (Å²) in [7, 11) is 1.65. The summed E-state index contributed by atoms with van der Waals surface area (Å²) in [5.74, 6) is 2.99. The average Bonchev–Trinajstić information content (AvgIpc) is 3.25. The van der Waals surface area contributed by atoms with E-state index < -0.39 is 0 Å². The van der Waals surface area contributed by atoms with E-state index in [1.165, 1.54) is 0 Å². The van der Waals surface area contributed by atoms with Gasteiger partial charge in [-0.2, -0.15) is 0 Å². The smallest absolute Gasteiger partial charge is 0.257 e. The van der Waals surface area contributed by atoms with Gasteiger partial charge in [-0.1, -0.05) is 42.5 Å². The van der Waals surface area contributed by atoms with E-state index in [2.05, 4.69) is 16.0 Å². The topological polar surface area (TPSA) is 74.6 Å². The summed E-state index contributed by atoms with van der Waals surface area (Å²) in [5.41, 5.74) is 2.07. The molecule has 35 heavy (non-hydrogen) atoms. The molecule has 0 bridgehead atoms. The number of unbranched alkanes of at least 4 members (excludes halogenated alkanes) is 1. The molecular formula is C28H31N3O4. The Morgan fingerprint density at radius 3 is 2.46 bits per heavy atom. The van der Waals surface area contributed by atoms with E-state index in [1.807, 2.05) is 72.8 Å². The van der Waals surface area contributed by atoms with Crippen molar-refractivity contribution < 1.29 is 19.0 Å². The fourth-order valence-corrected chi connectivity index (χ4v) is 3.89. The number of rotatable bonds is 13. The van der Waals surface area contributed by atoms with Crippen molar-refractivity contribution in [1.29, 1.82) is 0 Å². The van der Waals surface area contributed by atoms with Crippen molar-refractivity contribution in [3.63, 3.8) is 0 Å². The number of imidazole rings is 1. The third kappa shape index (κ3) is 6.76. The van der Waals surface area contributed by atoms with Crippen molar-refractivity contribution in [2.24, 2.45) is 0 Å². The molecular weight excluding hydrogens is 442 g/mol. The van der Waals surface area contributed by atoms with Gasteiger partial charge in [-0.25, -0.2) is 4.98 Å². The number of benzene rings is 3. The highest BCUT2D eigenvalue weighted by atomic mass is 16.5. The maximum atomic E-state index is 12.2. The molecule has 0 spiro atoms. The number of carbonyl (C=O) groups excluding carboxylic acids is 1. The van der Waals surface area contributed by atoms with Gasteiger partial charge in [0.05, 0.1) is 24.8 Å². The number of amides is 1. The lowest BCUT2D eigenvalue weighted by Gasteiger charge is -2.12. The first-order chi connectivity index (χ1) is 17.2. The second-order valence-electron chi connectivity index (χ2n) is 8.08. The van der Waals surface area contributed by atoms with Gasteiger partial charge in [0.2, 0.25) is 0 Å². The van der Waals surface area contributed by atoms with Crippen LogP contribution in [0.15, 0.2) is 78.9 Å². The summed E-state index contributed by atoms with van der Waals surface area (Å²) in [6, 6.07) is 25.1. The van der Waals surface area contributed by atoms with Crippen molar-refractivity contribution in [3.8, 4) is 17.2 Å². The van der Waals surface area contributed by atoms with Crippen LogP contribution in [0, 0.1) is 0 Å². The molecule has 0 unspecified atom stereocenters. The van der Waals surface area contributed by atoms with E-state index in [0.29, 0.717) is 25.3 Å². The number of ether oxygens (including phenoxy) is 3. The SMILES string of the molecule is COc1ccccc1OCCCCn1c(CCNC(=O)COc2ccccc2)nc2ccccc21. The molecule has 0 aliphatic heterocycles. The van der Waals surface area contributed by atoms with E-state index in [-0.39, 0.29) is 12.5 Å². The molecule has 1 N–H and O–H groups in total. The van der Waals surface area contributed by atoms with Crippen LogP contribution in [-0.4, -0.2) is 42.3 Å². The molecule has 0 atom stereocenters. The van der Waals surface area contributed by atoms with Crippen LogP contribution < -0.4 is 19.5 Å². The molecule has 182 valence electrons. The normalized spacial score (nSPS) is 10.8. The number of carbonyl (C=O) groups is 1. The van der Waals surface area contributed by atoms with Crippen molar-refractivity contribution in [3.05, 3.63) is 84.7 Å². The predicted molar refractivity (Wildman–Crippen MR) is 136 cm³/mol. The number of fused-ring (bicyclic) bond motifs is 1. The average molecular weight is 474 g/mol. The zero-order valence-corrected chi connectivity index (χ0v) is 20.0. The molecule has 4 rings (SSSR count). The fraction of sp³-hybridized carbons (Fsp3) is 0.286. The van der Waals surface area contributed by atoms with E-state index in [0.717, 1.165) is 47.7 Å². The monoisotopic (exact) mass is 473 g/mol. The number of hydrogen-bond acceptors (Lipinski definition) is 5. The maximum absolute atomic E-state index is 12.2. The minimum atomic E-state index is -0.148. The summed E-state index contributed by atoms with van der Waals surface area (Å²) in [4.78, 5) is 17.0. The van der Waals surface area contributed by atoms with Gasteiger partial charge in [0, 0.05) is 19.5 Å². The lowest BCUT2D eigenvalue weighted by molar-refractivity contribution is -0.123. The Balaban J connectivity index is 1.27. The van der Waals surface area contributed by atoms with Crippen LogP contribution in [-0.2, 0) is 17.8 Å². The molecule has 0 fully saturated rings. The summed E-state index contributed by atoms with van der Waals surface area (Å²) in [6.45, 7) is 1.93. The number of methoxy groups -OCH3 is 1. The minimum Gasteiger partial charge on any atom is -0.493 e. The summed E-state index contributed by atoms with van der Waals surface area (Å²) in [5, 5.41) is 2.93. The van der Waals surface area contributed by atoms with Gasteiger partial charge in [0.15, 0.2) is 18.1 Å². The van der Waals surface area contributed by atoms with E-state index in [4.69, 9.17) is 19.2 Å². The molecule has 7 nitrogen and oxygen atoms in total. The second-order valence-corrected chi connectivity index (χ2v) is 8.08. The Morgan fingerprint density at radius 2 is 1.63 bits per heavy atom. The van der Waals surface area contributed by atoms with Crippen molar-refractivity contribution in [1.82, 2.24) is 14.9 Å². The fourth-order valence-electron chi connectivity index (χ4n) is 3.89. The van der Waals surface area contributed by atoms with Crippen LogP contribution in [0.25, 0.3) is 11.0 Å². The first-order valence-corrected chi connectivity index (χ1v) is 11.9. The first kappa shape index (κ1) is 24.1. The molecule has 1 amide bonds. The highest BCUT2D eigenvalue weighted by Crippen LogP contribution is 2.26. The van der Waals surface area contributed by atoms with Gasteiger partial charge in [0.25, 0.3) is 5.91 Å². The van der Waals surface area contributed by atoms with Crippen molar-refractivity contribution in [2.75, 3.05) is 26.9 Å². The van der Waals surface area contributed by atoms with Crippen molar-refractivity contribution >= 4 is 16.9 Å². The van der Waals surface area contributed by atoms with E-state index >= 15 is 0 Å². The van der Waals surface area contributed by atoms with Crippen LogP contribution >= 0.6 is 0 Å². The van der Waals surface area contributed by atoms with Gasteiger partial charge in [0.1, 0.15) is 11.6 Å². The standard InChI is InChI=1S/C28H31N3O4/c1-33-25-15-7-8-16-26(25)34-20-10-9-19-31-24-14-6-5-13-23(24)30-27(31)17-18-29-28(32)21-35-22-11-3-2-4-12-22/h2-8,11-16H,9-10,17-21H2,1H3,(H,29,32). The third-order valence-corrected chi connectivity index (χ3v) is 5.62. The molecule has 0 aliphatic rings. The highest BCUT2D eigenvalue weighted by molar-refractivity contribution is 5.77. The van der Waals surface area contributed by atoms with Crippen LogP contribution in [0.5, 0.6) is 17.2 Å². The molecule has 1 aromatic heterocycles. The van der Waals surface area contributed by atoms with Gasteiger partial charge < -0.3 is 24.1 Å². The van der Waals surface area contributed by atoms with Gasteiger partial charge in [-0.15, -0.1) is 0 Å². The van der Waals surface area contributed by atoms with Gasteiger partial charge in [-0.05, 0) is 49.2 Å². The van der Waals surface area contributed by atoms with Crippen LogP contribution in [0.1, 0.15) is 18.7 Å². The summed E-state index contributed by atoms with van der Waals surface area (Å²) >= 11 is 0. The number of aromatic nitrogens is 2. The number of nitrogens with one attached hydrogen (secondary N) is 1. The Morgan fingerprint density at radius 1 is 0.886 bits per heavy atom. The zero-order chi connectivity index (χ0) is 24.3. The Bertz CT molecular complexity index is 1220. The van der Waals surface area contributed by atoms with E-state index in [9.17, 15) is 4.79 Å². The number of hydrogen-bond donors (Lipinski definition) is 1. The van der Waals surface area contributed by atoms with Crippen LogP contribution in [0.3, 0.4) is 0 Å².